The summed E-state index contributed by atoms with van der Waals surface area (Å²) in [4.78, 5) is 11.3. The Hall–Kier alpha value is -1.23. The third kappa shape index (κ3) is 3.62. The molecule has 34 heavy (non-hydrogen) atoms. The SMILES string of the molecule is CC1(C)COC2(CCC3=C4C(C5C=CC(C=O)=CC5)CC5(C)C(O)CCC5C4CCC3C2)OC1. The quantitative estimate of drug-likeness (QED) is 0.415. The van der Waals surface area contributed by atoms with E-state index in [1.807, 2.05) is 6.08 Å². The van der Waals surface area contributed by atoms with Crippen LogP contribution in [0, 0.1) is 40.4 Å². The minimum absolute atomic E-state index is 0.0196. The zero-order valence-electron chi connectivity index (χ0n) is 21.2. The second-order valence-corrected chi connectivity index (χ2v) is 13.3. The highest BCUT2D eigenvalue weighted by Crippen LogP contribution is 2.64. The van der Waals surface area contributed by atoms with Gasteiger partial charge in [-0.1, -0.05) is 50.1 Å². The van der Waals surface area contributed by atoms with Gasteiger partial charge in [0, 0.05) is 23.8 Å². The highest BCUT2D eigenvalue weighted by Gasteiger charge is 2.58. The summed E-state index contributed by atoms with van der Waals surface area (Å²) in [5.74, 6) is 2.29. The number of hydrogen-bond acceptors (Lipinski definition) is 4. The van der Waals surface area contributed by atoms with Crippen LogP contribution >= 0.6 is 0 Å². The minimum Gasteiger partial charge on any atom is -0.393 e. The number of carbonyl (C=O) groups is 1. The van der Waals surface area contributed by atoms with E-state index in [1.165, 1.54) is 12.8 Å². The Morgan fingerprint density at radius 1 is 1.03 bits per heavy atom. The molecule has 3 saturated carbocycles. The normalized spacial score (nSPS) is 44.8. The van der Waals surface area contributed by atoms with Crippen LogP contribution in [-0.2, 0) is 14.3 Å². The van der Waals surface area contributed by atoms with Gasteiger partial charge in [-0.3, -0.25) is 4.79 Å². The van der Waals surface area contributed by atoms with Crippen LogP contribution in [0.1, 0.15) is 78.6 Å². The number of aliphatic hydroxyl groups excluding tert-OH is 1. The highest BCUT2D eigenvalue weighted by molar-refractivity contribution is 5.77. The average molecular weight is 467 g/mol. The van der Waals surface area contributed by atoms with Gasteiger partial charge in [0.1, 0.15) is 6.29 Å². The number of carbonyl (C=O) groups excluding carboxylic acids is 1. The zero-order valence-corrected chi connectivity index (χ0v) is 21.2. The molecule has 7 atom stereocenters. The molecule has 6 aliphatic rings. The second-order valence-electron chi connectivity index (χ2n) is 13.3. The van der Waals surface area contributed by atoms with E-state index in [2.05, 4.69) is 32.9 Å². The minimum atomic E-state index is -0.383. The lowest BCUT2D eigenvalue weighted by Crippen LogP contribution is -2.52. The molecule has 0 bridgehead atoms. The monoisotopic (exact) mass is 466 g/mol. The zero-order chi connectivity index (χ0) is 23.7. The fourth-order valence-electron chi connectivity index (χ4n) is 8.69. The first kappa shape index (κ1) is 23.2. The molecule has 4 fully saturated rings. The first-order valence-corrected chi connectivity index (χ1v) is 13.8. The first-order chi connectivity index (χ1) is 16.2. The lowest BCUT2D eigenvalue weighted by atomic mass is 9.51. The van der Waals surface area contributed by atoms with Crippen LogP contribution in [0.3, 0.4) is 0 Å². The number of aliphatic hydroxyl groups is 1. The first-order valence-electron chi connectivity index (χ1n) is 13.8. The van der Waals surface area contributed by atoms with Crippen molar-refractivity contribution in [2.75, 3.05) is 13.2 Å². The summed E-state index contributed by atoms with van der Waals surface area (Å²) in [6.07, 6.45) is 16.9. The smallest absolute Gasteiger partial charge is 0.169 e. The van der Waals surface area contributed by atoms with Gasteiger partial charge >= 0.3 is 0 Å². The maximum Gasteiger partial charge on any atom is 0.169 e. The molecule has 0 amide bonds. The number of allylic oxidation sites excluding steroid dienone is 6. The van der Waals surface area contributed by atoms with E-state index in [4.69, 9.17) is 9.47 Å². The van der Waals surface area contributed by atoms with Crippen molar-refractivity contribution in [3.05, 3.63) is 34.9 Å². The van der Waals surface area contributed by atoms with Gasteiger partial charge in [-0.15, -0.1) is 0 Å². The highest BCUT2D eigenvalue weighted by atomic mass is 16.7. The molecule has 7 unspecified atom stereocenters. The molecule has 5 aliphatic carbocycles. The molecular formula is C30H42O4. The fourth-order valence-corrected chi connectivity index (χ4v) is 8.69. The van der Waals surface area contributed by atoms with E-state index in [1.54, 1.807) is 11.1 Å². The molecule has 4 nitrogen and oxygen atoms in total. The van der Waals surface area contributed by atoms with Gasteiger partial charge in [-0.2, -0.15) is 0 Å². The van der Waals surface area contributed by atoms with Crippen LogP contribution in [0.2, 0.25) is 0 Å². The summed E-state index contributed by atoms with van der Waals surface area (Å²) in [5.41, 5.74) is 4.39. The van der Waals surface area contributed by atoms with Crippen molar-refractivity contribution in [2.24, 2.45) is 40.4 Å². The molecule has 6 rings (SSSR count). The van der Waals surface area contributed by atoms with Crippen molar-refractivity contribution in [3.63, 3.8) is 0 Å². The number of rotatable bonds is 2. The summed E-state index contributed by atoms with van der Waals surface area (Å²) >= 11 is 0. The third-order valence-corrected chi connectivity index (χ3v) is 10.6. The van der Waals surface area contributed by atoms with Crippen LogP contribution in [0.15, 0.2) is 34.9 Å². The van der Waals surface area contributed by atoms with Gasteiger partial charge in [0.25, 0.3) is 0 Å². The Bertz CT molecular complexity index is 931. The topological polar surface area (TPSA) is 55.8 Å². The molecule has 1 spiro atoms. The summed E-state index contributed by atoms with van der Waals surface area (Å²) in [6, 6.07) is 0. The van der Waals surface area contributed by atoms with Crippen LogP contribution in [0.25, 0.3) is 0 Å². The second kappa shape index (κ2) is 8.15. The Balaban J connectivity index is 1.34. The van der Waals surface area contributed by atoms with Crippen LogP contribution in [0.4, 0.5) is 0 Å². The number of ether oxygens (including phenoxy) is 2. The Morgan fingerprint density at radius 2 is 1.82 bits per heavy atom. The van der Waals surface area contributed by atoms with Gasteiger partial charge < -0.3 is 14.6 Å². The molecular weight excluding hydrogens is 424 g/mol. The number of hydrogen-bond donors (Lipinski definition) is 1. The van der Waals surface area contributed by atoms with Crippen LogP contribution in [0.5, 0.6) is 0 Å². The van der Waals surface area contributed by atoms with Crippen molar-refractivity contribution in [1.29, 1.82) is 0 Å². The lowest BCUT2D eigenvalue weighted by molar-refractivity contribution is -0.312. The third-order valence-electron chi connectivity index (χ3n) is 10.6. The summed E-state index contributed by atoms with van der Waals surface area (Å²) in [6.45, 7) is 8.39. The van der Waals surface area contributed by atoms with Crippen molar-refractivity contribution in [2.45, 2.75) is 90.4 Å². The van der Waals surface area contributed by atoms with E-state index < -0.39 is 0 Å². The largest absolute Gasteiger partial charge is 0.393 e. The molecule has 1 aliphatic heterocycles. The van der Waals surface area contributed by atoms with Crippen molar-refractivity contribution in [3.8, 4) is 0 Å². The Labute approximate surface area is 204 Å². The number of fused-ring (bicyclic) bond motifs is 4. The molecule has 0 aromatic rings. The molecule has 4 heteroatoms. The van der Waals surface area contributed by atoms with E-state index in [0.717, 1.165) is 70.0 Å². The summed E-state index contributed by atoms with van der Waals surface area (Å²) < 4.78 is 12.9. The van der Waals surface area contributed by atoms with Gasteiger partial charge in [0.2, 0.25) is 0 Å². The maximum atomic E-state index is 11.3. The van der Waals surface area contributed by atoms with Gasteiger partial charge in [-0.05, 0) is 80.0 Å². The summed E-state index contributed by atoms with van der Waals surface area (Å²) in [5, 5.41) is 11.1. The summed E-state index contributed by atoms with van der Waals surface area (Å²) in [7, 11) is 0. The van der Waals surface area contributed by atoms with Crippen molar-refractivity contribution >= 4 is 6.29 Å². The Kier molecular flexibility index (Phi) is 5.55. The maximum absolute atomic E-state index is 11.3. The van der Waals surface area contributed by atoms with Gasteiger partial charge in [-0.25, -0.2) is 0 Å². The van der Waals surface area contributed by atoms with E-state index >= 15 is 0 Å². The number of aldehydes is 1. The molecule has 0 radical (unpaired) electrons. The molecule has 0 aromatic carbocycles. The predicted molar refractivity (Wildman–Crippen MR) is 132 cm³/mol. The molecule has 1 saturated heterocycles. The fraction of sp³-hybridized carbons (Fsp3) is 0.767. The molecule has 1 N–H and O–H groups in total. The average Bonchev–Trinajstić information content (AvgIpc) is 3.14. The van der Waals surface area contributed by atoms with Gasteiger partial charge in [0.05, 0.1) is 19.3 Å². The molecule has 0 aromatic heterocycles. The molecule has 1 heterocycles. The van der Waals surface area contributed by atoms with Crippen LogP contribution in [-0.4, -0.2) is 36.5 Å². The van der Waals surface area contributed by atoms with E-state index in [-0.39, 0.29) is 22.7 Å². The van der Waals surface area contributed by atoms with Gasteiger partial charge in [0.15, 0.2) is 5.79 Å². The predicted octanol–water partition coefficient (Wildman–Crippen LogP) is 5.76. The van der Waals surface area contributed by atoms with E-state index in [9.17, 15) is 9.90 Å². The lowest BCUT2D eigenvalue weighted by Gasteiger charge is -2.56. The van der Waals surface area contributed by atoms with Crippen molar-refractivity contribution < 1.29 is 19.4 Å². The van der Waals surface area contributed by atoms with Crippen molar-refractivity contribution in [1.82, 2.24) is 0 Å². The molecule has 186 valence electrons. The Morgan fingerprint density at radius 3 is 2.53 bits per heavy atom. The van der Waals surface area contributed by atoms with E-state index in [0.29, 0.717) is 29.6 Å². The van der Waals surface area contributed by atoms with Crippen LogP contribution < -0.4 is 0 Å². The standard InChI is InChI=1S/C30H42O4/c1-28(2)17-33-30(34-18-28)13-12-22-21(14-30)8-9-23-25-10-11-26(32)29(25,3)15-24(27(22)23)20-6-4-19(16-31)5-7-20/h4-6,16,20-21,23-26,32H,7-15,17-18H2,1-3H3.